The summed E-state index contributed by atoms with van der Waals surface area (Å²) in [6, 6.07) is 12.8. The maximum Gasteiger partial charge on any atom is 0.336 e. The minimum Gasteiger partial charge on any atom is -0.478 e. The van der Waals surface area contributed by atoms with Gasteiger partial charge in [0.15, 0.2) is 0 Å². The van der Waals surface area contributed by atoms with Crippen LogP contribution in [0, 0.1) is 6.92 Å². The van der Waals surface area contributed by atoms with Gasteiger partial charge in [0.25, 0.3) is 10.0 Å². The van der Waals surface area contributed by atoms with Crippen LogP contribution >= 0.6 is 37.2 Å². The van der Waals surface area contributed by atoms with E-state index in [1.165, 1.54) is 18.2 Å². The van der Waals surface area contributed by atoms with Gasteiger partial charge in [0.05, 0.1) is 22.5 Å². The molecular formula is C26H34Cl3N5O5S. The van der Waals surface area contributed by atoms with E-state index >= 15 is 0 Å². The summed E-state index contributed by atoms with van der Waals surface area (Å²) >= 11 is 0. The number of benzene rings is 2. The summed E-state index contributed by atoms with van der Waals surface area (Å²) in [6.45, 7) is 8.45. The Morgan fingerprint density at radius 1 is 1.00 bits per heavy atom. The fraction of sp³-hybridized carbons (Fsp3) is 0.346. The molecule has 40 heavy (non-hydrogen) atoms. The van der Waals surface area contributed by atoms with Gasteiger partial charge in [-0.3, -0.25) is 14.4 Å². The van der Waals surface area contributed by atoms with Crippen LogP contribution in [0.15, 0.2) is 53.4 Å². The maximum atomic E-state index is 12.8. The fourth-order valence-electron chi connectivity index (χ4n) is 4.32. The lowest BCUT2D eigenvalue weighted by Gasteiger charge is -2.35. The number of carbonyl (C=O) groups is 2. The van der Waals surface area contributed by atoms with Gasteiger partial charge in [-0.05, 0) is 62.7 Å². The third-order valence-electron chi connectivity index (χ3n) is 6.09. The topological polar surface area (TPSA) is 132 Å². The second kappa shape index (κ2) is 14.7. The van der Waals surface area contributed by atoms with Crippen LogP contribution in [0.2, 0.25) is 0 Å². The molecule has 1 aliphatic heterocycles. The summed E-state index contributed by atoms with van der Waals surface area (Å²) in [4.78, 5) is 33.0. The SMILES string of the molecule is Cc1cccc(S(=O)(=O)Nc2ccc3nc(N4CCN(CC(=O)NC(C)C)CC4)cc(C(=O)O)c3c2)c1.Cl.Cl.Cl. The van der Waals surface area contributed by atoms with Crippen LogP contribution in [-0.2, 0) is 14.8 Å². The number of carbonyl (C=O) groups excluding carboxylic acids is 1. The molecule has 1 saturated heterocycles. The number of fused-ring (bicyclic) bond motifs is 1. The lowest BCUT2D eigenvalue weighted by atomic mass is 10.1. The monoisotopic (exact) mass is 633 g/mol. The lowest BCUT2D eigenvalue weighted by molar-refractivity contribution is -0.122. The molecule has 0 spiro atoms. The Morgan fingerprint density at radius 2 is 1.68 bits per heavy atom. The number of aromatic carboxylic acids is 1. The number of sulfonamides is 1. The maximum absolute atomic E-state index is 12.8. The van der Waals surface area contributed by atoms with Gasteiger partial charge in [0.1, 0.15) is 5.82 Å². The predicted octanol–water partition coefficient (Wildman–Crippen LogP) is 3.95. The number of aromatic nitrogens is 1. The van der Waals surface area contributed by atoms with Crippen molar-refractivity contribution < 1.29 is 23.1 Å². The smallest absolute Gasteiger partial charge is 0.336 e. The number of amides is 1. The van der Waals surface area contributed by atoms with E-state index in [0.29, 0.717) is 49.4 Å². The van der Waals surface area contributed by atoms with Crippen molar-refractivity contribution in [3.05, 3.63) is 59.7 Å². The minimum atomic E-state index is -3.84. The third kappa shape index (κ3) is 8.58. The number of nitrogens with one attached hydrogen (secondary N) is 2. The van der Waals surface area contributed by atoms with Crippen molar-refractivity contribution in [1.82, 2.24) is 15.2 Å². The quantitative estimate of drug-likeness (QED) is 0.340. The molecule has 14 heteroatoms. The summed E-state index contributed by atoms with van der Waals surface area (Å²) in [5.41, 5.74) is 1.55. The highest BCUT2D eigenvalue weighted by molar-refractivity contribution is 7.92. The minimum absolute atomic E-state index is 0. The molecule has 10 nitrogen and oxygen atoms in total. The Morgan fingerprint density at radius 3 is 2.27 bits per heavy atom. The van der Waals surface area contributed by atoms with Crippen molar-refractivity contribution >= 4 is 81.5 Å². The van der Waals surface area contributed by atoms with E-state index in [9.17, 15) is 23.1 Å². The van der Waals surface area contributed by atoms with Crippen LogP contribution in [0.5, 0.6) is 0 Å². The molecule has 3 N–H and O–H groups in total. The highest BCUT2D eigenvalue weighted by Gasteiger charge is 2.23. The van der Waals surface area contributed by atoms with Crippen LogP contribution < -0.4 is 14.9 Å². The number of aryl methyl sites for hydroxylation is 1. The number of piperazine rings is 1. The molecule has 0 radical (unpaired) electrons. The molecule has 0 atom stereocenters. The van der Waals surface area contributed by atoms with Crippen LogP contribution in [0.4, 0.5) is 11.5 Å². The number of halogens is 3. The van der Waals surface area contributed by atoms with Gasteiger partial charge in [-0.2, -0.15) is 0 Å². The van der Waals surface area contributed by atoms with E-state index in [4.69, 9.17) is 0 Å². The number of carboxylic acids is 1. The molecule has 0 unspecified atom stereocenters. The van der Waals surface area contributed by atoms with Gasteiger partial charge >= 0.3 is 5.97 Å². The van der Waals surface area contributed by atoms with Crippen molar-refractivity contribution in [3.8, 4) is 0 Å². The first-order valence-electron chi connectivity index (χ1n) is 12.1. The number of nitrogens with zero attached hydrogens (tertiary/aromatic N) is 3. The Balaban J connectivity index is 0.00000267. The molecule has 1 fully saturated rings. The van der Waals surface area contributed by atoms with Gasteiger partial charge < -0.3 is 15.3 Å². The Bertz CT molecular complexity index is 1450. The number of rotatable bonds is 8. The summed E-state index contributed by atoms with van der Waals surface area (Å²) in [7, 11) is -3.84. The van der Waals surface area contributed by atoms with E-state index in [1.54, 1.807) is 37.3 Å². The van der Waals surface area contributed by atoms with Crippen LogP contribution in [0.1, 0.15) is 29.8 Å². The Labute approximate surface area is 252 Å². The van der Waals surface area contributed by atoms with Crippen molar-refractivity contribution in [1.29, 1.82) is 0 Å². The molecule has 1 aliphatic rings. The van der Waals surface area contributed by atoms with Gasteiger partial charge in [0.2, 0.25) is 5.91 Å². The number of anilines is 2. The van der Waals surface area contributed by atoms with E-state index < -0.39 is 16.0 Å². The zero-order valence-electron chi connectivity index (χ0n) is 22.3. The standard InChI is InChI=1S/C26H31N5O5S.3ClH/c1-17(2)27-25(32)16-30-9-11-31(12-10-30)24-15-22(26(33)34)21-14-19(7-8-23(21)28-24)29-37(35,36)20-6-4-5-18(3)13-20;;;/h4-8,13-15,17,29H,9-12,16H2,1-3H3,(H,27,32)(H,33,34);3*1H. The molecule has 0 aliphatic carbocycles. The normalized spacial score (nSPS) is 13.6. The average Bonchev–Trinajstić information content (AvgIpc) is 2.83. The molecule has 0 bridgehead atoms. The van der Waals surface area contributed by atoms with Crippen LogP contribution in [0.25, 0.3) is 10.9 Å². The molecule has 4 rings (SSSR count). The third-order valence-corrected chi connectivity index (χ3v) is 7.47. The molecule has 1 aromatic heterocycles. The average molecular weight is 635 g/mol. The van der Waals surface area contributed by atoms with E-state index in [0.717, 1.165) is 5.56 Å². The first kappa shape index (κ1) is 35.2. The molecule has 2 aromatic carbocycles. The lowest BCUT2D eigenvalue weighted by Crippen LogP contribution is -2.50. The predicted molar refractivity (Wildman–Crippen MR) is 164 cm³/mol. The van der Waals surface area contributed by atoms with E-state index in [2.05, 4.69) is 19.9 Å². The highest BCUT2D eigenvalue weighted by Crippen LogP contribution is 2.28. The van der Waals surface area contributed by atoms with Crippen molar-refractivity contribution in [3.63, 3.8) is 0 Å². The fourth-order valence-corrected chi connectivity index (χ4v) is 5.47. The zero-order chi connectivity index (χ0) is 26.7. The first-order chi connectivity index (χ1) is 17.5. The molecule has 0 saturated carbocycles. The number of pyridine rings is 1. The highest BCUT2D eigenvalue weighted by atomic mass is 35.5. The summed E-state index contributed by atoms with van der Waals surface area (Å²) < 4.78 is 28.2. The summed E-state index contributed by atoms with van der Waals surface area (Å²) in [5.74, 6) is -0.616. The zero-order valence-corrected chi connectivity index (χ0v) is 25.6. The Kier molecular flexibility index (Phi) is 12.9. The largest absolute Gasteiger partial charge is 0.478 e. The molecule has 1 amide bonds. The Hall–Kier alpha value is -2.83. The molecule has 3 aromatic rings. The van der Waals surface area contributed by atoms with Gasteiger partial charge in [0, 0.05) is 43.3 Å². The van der Waals surface area contributed by atoms with Crippen LogP contribution in [0.3, 0.4) is 0 Å². The summed E-state index contributed by atoms with van der Waals surface area (Å²) in [6.07, 6.45) is 0. The molecular weight excluding hydrogens is 601 g/mol. The molecule has 2 heterocycles. The van der Waals surface area contributed by atoms with E-state index in [1.807, 2.05) is 18.7 Å². The number of carboxylic acid groups (broad SMARTS) is 1. The first-order valence-corrected chi connectivity index (χ1v) is 13.5. The second-order valence-electron chi connectivity index (χ2n) is 9.47. The van der Waals surface area contributed by atoms with Crippen molar-refractivity contribution in [2.75, 3.05) is 42.3 Å². The second-order valence-corrected chi connectivity index (χ2v) is 11.2. The van der Waals surface area contributed by atoms with Gasteiger partial charge in [-0.15, -0.1) is 37.2 Å². The van der Waals surface area contributed by atoms with Crippen LogP contribution in [-0.4, -0.2) is 74.1 Å². The van der Waals surface area contributed by atoms with Gasteiger partial charge in [-0.25, -0.2) is 18.2 Å². The van der Waals surface area contributed by atoms with E-state index in [-0.39, 0.29) is 65.3 Å². The van der Waals surface area contributed by atoms with Crippen molar-refractivity contribution in [2.24, 2.45) is 0 Å². The number of hydrogen-bond acceptors (Lipinski definition) is 7. The number of hydrogen-bond donors (Lipinski definition) is 3. The summed E-state index contributed by atoms with van der Waals surface area (Å²) in [5, 5.41) is 13.1. The van der Waals surface area contributed by atoms with Gasteiger partial charge in [-0.1, -0.05) is 12.1 Å². The van der Waals surface area contributed by atoms with Crippen molar-refractivity contribution in [2.45, 2.75) is 31.7 Å². The molecule has 220 valence electrons.